The molecule has 0 spiro atoms. The standard InChI is InChI=1S/C11H11ClO2S/c1-15-10-8(12)5-6-3-2-4-7(6)9(10)11(13)14/h5H,2-4H2,1H3,(H,13,14). The Morgan fingerprint density at radius 1 is 1.53 bits per heavy atom. The molecule has 0 heterocycles. The Hall–Kier alpha value is -0.670. The number of aromatic carboxylic acids is 1. The van der Waals surface area contributed by atoms with Gasteiger partial charge in [-0.1, -0.05) is 11.6 Å². The fourth-order valence-electron chi connectivity index (χ4n) is 2.11. The second kappa shape index (κ2) is 4.06. The molecule has 1 aromatic rings. The van der Waals surface area contributed by atoms with Crippen molar-refractivity contribution in [2.75, 3.05) is 6.26 Å². The average molecular weight is 243 g/mol. The van der Waals surface area contributed by atoms with Crippen LogP contribution in [0.5, 0.6) is 0 Å². The number of halogens is 1. The largest absolute Gasteiger partial charge is 0.478 e. The molecule has 0 fully saturated rings. The number of carboxylic acids is 1. The summed E-state index contributed by atoms with van der Waals surface area (Å²) in [6.07, 6.45) is 4.70. The van der Waals surface area contributed by atoms with Crippen LogP contribution in [0.4, 0.5) is 0 Å². The molecule has 4 heteroatoms. The SMILES string of the molecule is CSc1c(Cl)cc2c(c1C(=O)O)CCC2. The molecule has 2 nitrogen and oxygen atoms in total. The van der Waals surface area contributed by atoms with E-state index >= 15 is 0 Å². The van der Waals surface area contributed by atoms with Gasteiger partial charge in [0.25, 0.3) is 0 Å². The molecule has 0 saturated heterocycles. The minimum absolute atomic E-state index is 0.419. The van der Waals surface area contributed by atoms with E-state index in [1.165, 1.54) is 11.8 Å². The first-order valence-electron chi connectivity index (χ1n) is 4.76. The number of fused-ring (bicyclic) bond motifs is 1. The van der Waals surface area contributed by atoms with Gasteiger partial charge in [0.05, 0.1) is 10.6 Å². The number of carbonyl (C=O) groups is 1. The highest BCUT2D eigenvalue weighted by atomic mass is 35.5. The van der Waals surface area contributed by atoms with Crippen LogP contribution in [0.15, 0.2) is 11.0 Å². The molecule has 0 radical (unpaired) electrons. The van der Waals surface area contributed by atoms with Crippen molar-refractivity contribution in [3.63, 3.8) is 0 Å². The van der Waals surface area contributed by atoms with Crippen molar-refractivity contribution in [2.45, 2.75) is 24.2 Å². The maximum absolute atomic E-state index is 11.2. The first-order valence-corrected chi connectivity index (χ1v) is 6.37. The van der Waals surface area contributed by atoms with E-state index < -0.39 is 5.97 Å². The molecule has 1 aliphatic rings. The van der Waals surface area contributed by atoms with Gasteiger partial charge < -0.3 is 5.11 Å². The van der Waals surface area contributed by atoms with Crippen LogP contribution in [0.3, 0.4) is 0 Å². The smallest absolute Gasteiger partial charge is 0.337 e. The lowest BCUT2D eigenvalue weighted by molar-refractivity contribution is 0.0692. The van der Waals surface area contributed by atoms with Crippen LogP contribution in [0.25, 0.3) is 0 Å². The third-order valence-corrected chi connectivity index (χ3v) is 3.97. The molecule has 1 N–H and O–H groups in total. The number of benzene rings is 1. The Balaban J connectivity index is 2.71. The number of aryl methyl sites for hydroxylation is 1. The maximum Gasteiger partial charge on any atom is 0.337 e. The molecule has 0 saturated carbocycles. The van der Waals surface area contributed by atoms with Gasteiger partial charge in [-0.3, -0.25) is 0 Å². The van der Waals surface area contributed by atoms with Crippen LogP contribution in [0.2, 0.25) is 5.02 Å². The summed E-state index contributed by atoms with van der Waals surface area (Å²) in [6, 6.07) is 1.92. The van der Waals surface area contributed by atoms with Gasteiger partial charge in [0.2, 0.25) is 0 Å². The molecule has 0 bridgehead atoms. The number of hydrogen-bond donors (Lipinski definition) is 1. The molecule has 0 aromatic heterocycles. The van der Waals surface area contributed by atoms with Crippen molar-refractivity contribution in [3.05, 3.63) is 27.8 Å². The van der Waals surface area contributed by atoms with Crippen molar-refractivity contribution < 1.29 is 9.90 Å². The quantitative estimate of drug-likeness (QED) is 0.809. The van der Waals surface area contributed by atoms with Crippen molar-refractivity contribution in [2.24, 2.45) is 0 Å². The Kier molecular flexibility index (Phi) is 2.94. The van der Waals surface area contributed by atoms with Crippen LogP contribution >= 0.6 is 23.4 Å². The number of thioether (sulfide) groups is 1. The summed E-state index contributed by atoms with van der Waals surface area (Å²) in [5.41, 5.74) is 2.51. The average Bonchev–Trinajstić information content (AvgIpc) is 2.62. The zero-order chi connectivity index (χ0) is 11.0. The van der Waals surface area contributed by atoms with Gasteiger partial charge >= 0.3 is 5.97 Å². The summed E-state index contributed by atoms with van der Waals surface area (Å²) >= 11 is 7.48. The summed E-state index contributed by atoms with van der Waals surface area (Å²) in [5.74, 6) is -0.861. The van der Waals surface area contributed by atoms with Crippen molar-refractivity contribution in [3.8, 4) is 0 Å². The lowest BCUT2D eigenvalue weighted by Gasteiger charge is -2.11. The van der Waals surface area contributed by atoms with E-state index in [2.05, 4.69) is 0 Å². The second-order valence-corrected chi connectivity index (χ2v) is 4.79. The fourth-order valence-corrected chi connectivity index (χ4v) is 3.24. The molecule has 0 unspecified atom stereocenters. The van der Waals surface area contributed by atoms with Crippen LogP contribution in [0, 0.1) is 0 Å². The van der Waals surface area contributed by atoms with Crippen LogP contribution < -0.4 is 0 Å². The van der Waals surface area contributed by atoms with Gasteiger partial charge in [-0.2, -0.15) is 0 Å². The van der Waals surface area contributed by atoms with Crippen molar-refractivity contribution in [1.29, 1.82) is 0 Å². The summed E-state index contributed by atoms with van der Waals surface area (Å²) in [7, 11) is 0. The Morgan fingerprint density at radius 2 is 2.27 bits per heavy atom. The van der Waals surface area contributed by atoms with E-state index in [0.717, 1.165) is 30.4 Å². The Morgan fingerprint density at radius 3 is 2.87 bits per heavy atom. The second-order valence-electron chi connectivity index (χ2n) is 3.56. The van der Waals surface area contributed by atoms with Gasteiger partial charge in [-0.15, -0.1) is 11.8 Å². The molecule has 80 valence electrons. The molecule has 0 aliphatic heterocycles. The highest BCUT2D eigenvalue weighted by Crippen LogP contribution is 2.37. The van der Waals surface area contributed by atoms with E-state index in [4.69, 9.17) is 11.6 Å². The topological polar surface area (TPSA) is 37.3 Å². The highest BCUT2D eigenvalue weighted by Gasteiger charge is 2.24. The minimum Gasteiger partial charge on any atom is -0.478 e. The van der Waals surface area contributed by atoms with Gasteiger partial charge in [-0.05, 0) is 42.7 Å². The number of carboxylic acid groups (broad SMARTS) is 1. The third kappa shape index (κ3) is 1.74. The molecule has 0 amide bonds. The highest BCUT2D eigenvalue weighted by molar-refractivity contribution is 7.98. The summed E-state index contributed by atoms with van der Waals surface area (Å²) in [4.78, 5) is 11.9. The van der Waals surface area contributed by atoms with Crippen LogP contribution in [-0.4, -0.2) is 17.3 Å². The maximum atomic E-state index is 11.2. The van der Waals surface area contributed by atoms with E-state index in [-0.39, 0.29) is 0 Å². The predicted octanol–water partition coefficient (Wildman–Crippen LogP) is 3.25. The predicted molar refractivity (Wildman–Crippen MR) is 62.2 cm³/mol. The number of rotatable bonds is 2. The van der Waals surface area contributed by atoms with Crippen molar-refractivity contribution in [1.82, 2.24) is 0 Å². The van der Waals surface area contributed by atoms with Gasteiger partial charge in [0, 0.05) is 4.90 Å². The third-order valence-electron chi connectivity index (χ3n) is 2.73. The lowest BCUT2D eigenvalue weighted by Crippen LogP contribution is -2.05. The zero-order valence-electron chi connectivity index (χ0n) is 8.34. The van der Waals surface area contributed by atoms with Crippen LogP contribution in [0.1, 0.15) is 27.9 Å². The normalized spacial score (nSPS) is 14.0. The Bertz CT molecular complexity index is 425. The fraction of sp³-hybridized carbons (Fsp3) is 0.364. The first-order chi connectivity index (χ1) is 7.15. The molecule has 0 atom stereocenters. The molecule has 1 aromatic carbocycles. The lowest BCUT2D eigenvalue weighted by atomic mass is 10.0. The first kappa shape index (κ1) is 10.8. The van der Waals surface area contributed by atoms with E-state index in [9.17, 15) is 9.90 Å². The van der Waals surface area contributed by atoms with Crippen LogP contribution in [-0.2, 0) is 12.8 Å². The van der Waals surface area contributed by atoms with E-state index in [0.29, 0.717) is 15.5 Å². The summed E-state index contributed by atoms with van der Waals surface area (Å²) < 4.78 is 0. The Labute approximate surface area is 97.6 Å². The monoisotopic (exact) mass is 242 g/mol. The van der Waals surface area contributed by atoms with Gasteiger partial charge in [-0.25, -0.2) is 4.79 Å². The minimum atomic E-state index is -0.861. The van der Waals surface area contributed by atoms with Gasteiger partial charge in [0.1, 0.15) is 0 Å². The van der Waals surface area contributed by atoms with E-state index in [1.807, 2.05) is 12.3 Å². The summed E-state index contributed by atoms with van der Waals surface area (Å²) in [6.45, 7) is 0. The molecule has 1 aliphatic carbocycles. The molecular formula is C11H11ClO2S. The molecular weight excluding hydrogens is 232 g/mol. The molecule has 15 heavy (non-hydrogen) atoms. The van der Waals surface area contributed by atoms with Crippen molar-refractivity contribution >= 4 is 29.3 Å². The van der Waals surface area contributed by atoms with E-state index in [1.54, 1.807) is 0 Å². The number of hydrogen-bond acceptors (Lipinski definition) is 2. The summed E-state index contributed by atoms with van der Waals surface area (Å²) in [5, 5.41) is 9.78. The zero-order valence-corrected chi connectivity index (χ0v) is 9.91. The molecule has 2 rings (SSSR count). The van der Waals surface area contributed by atoms with Gasteiger partial charge in [0.15, 0.2) is 0 Å².